The number of aliphatic carboxylic acids is 1. The molecule has 0 atom stereocenters. The number of aromatic nitrogens is 2. The Hall–Kier alpha value is -3.88. The van der Waals surface area contributed by atoms with E-state index in [4.69, 9.17) is 25.4 Å². The molecule has 0 saturated carbocycles. The minimum atomic E-state index is -2.13. The van der Waals surface area contributed by atoms with E-state index in [0.717, 1.165) is 5.56 Å². The van der Waals surface area contributed by atoms with Gasteiger partial charge < -0.3 is 19.3 Å². The van der Waals surface area contributed by atoms with E-state index in [0.29, 0.717) is 45.7 Å². The van der Waals surface area contributed by atoms with Crippen LogP contribution >= 0.6 is 11.6 Å². The molecule has 2 N–H and O–H groups in total. The highest BCUT2D eigenvalue weighted by molar-refractivity contribution is 6.74. The molecule has 0 saturated heterocycles. The Morgan fingerprint density at radius 2 is 1.85 bits per heavy atom. The van der Waals surface area contributed by atoms with Crippen molar-refractivity contribution in [3.05, 3.63) is 101 Å². The number of hydrogen-bond acceptors (Lipinski definition) is 6. The van der Waals surface area contributed by atoms with Gasteiger partial charge in [-0.25, -0.2) is 14.8 Å². The third kappa shape index (κ3) is 6.77. The average Bonchev–Trinajstić information content (AvgIpc) is 3.39. The lowest BCUT2D eigenvalue weighted by molar-refractivity contribution is -0.132. The molecule has 2 aromatic carbocycles. The van der Waals surface area contributed by atoms with Gasteiger partial charge in [0.05, 0.1) is 28.9 Å². The van der Waals surface area contributed by atoms with Crippen molar-refractivity contribution in [2.45, 2.75) is 45.3 Å². The summed E-state index contributed by atoms with van der Waals surface area (Å²) in [5, 5.41) is 13.2. The first kappa shape index (κ1) is 28.1. The van der Waals surface area contributed by atoms with Crippen LogP contribution in [0.15, 0.2) is 83.2 Å². The summed E-state index contributed by atoms with van der Waals surface area (Å²) >= 11 is 6.87. The molecule has 2 aromatic heterocycles. The van der Waals surface area contributed by atoms with Gasteiger partial charge in [0.2, 0.25) is 0 Å². The van der Waals surface area contributed by atoms with Crippen LogP contribution in [0.1, 0.15) is 37.8 Å². The largest absolute Gasteiger partial charge is 0.542 e. The maximum Gasteiger partial charge on any atom is 0.352 e. The van der Waals surface area contributed by atoms with Crippen LogP contribution in [0.25, 0.3) is 17.3 Å². The zero-order valence-electron chi connectivity index (χ0n) is 22.7. The predicted octanol–water partition coefficient (Wildman–Crippen LogP) is 7.90. The summed E-state index contributed by atoms with van der Waals surface area (Å²) in [6.45, 7) is 10.9. The Bertz CT molecular complexity index is 1480. The minimum absolute atomic E-state index is 0.00726. The highest BCUT2D eigenvalue weighted by Crippen LogP contribution is 2.41. The zero-order valence-corrected chi connectivity index (χ0v) is 24.4. The Labute approximate surface area is 234 Å². The number of benzene rings is 2. The number of anilines is 1. The molecule has 7 nitrogen and oxygen atoms in total. The van der Waals surface area contributed by atoms with Crippen LogP contribution in [0, 0.1) is 0 Å². The molecule has 0 radical (unpaired) electrons. The van der Waals surface area contributed by atoms with E-state index in [1.54, 1.807) is 18.3 Å². The Kier molecular flexibility index (Phi) is 8.27. The molecule has 0 spiro atoms. The van der Waals surface area contributed by atoms with E-state index in [1.807, 2.05) is 48.5 Å². The standard InChI is InChI=1S/C30H32ClN3O4Si/c1-30(2,3)39(4,5)38-26-15-9-14-22(27(26)31)25-19-32-28(23(33-25)17-20-11-7-6-8-12-20)34-24(29(35)36)18-21-13-10-16-37-21/h6-16,18-19H,17H2,1-5H3,(H,32,34)(H,35,36)/b24-18-. The van der Waals surface area contributed by atoms with Crippen molar-refractivity contribution in [3.63, 3.8) is 0 Å². The van der Waals surface area contributed by atoms with E-state index < -0.39 is 14.3 Å². The fourth-order valence-corrected chi connectivity index (χ4v) is 4.94. The predicted molar refractivity (Wildman–Crippen MR) is 157 cm³/mol. The third-order valence-corrected chi connectivity index (χ3v) is 11.5. The van der Waals surface area contributed by atoms with E-state index in [-0.39, 0.29) is 10.7 Å². The molecular weight excluding hydrogens is 530 g/mol. The van der Waals surface area contributed by atoms with Gasteiger partial charge in [0.25, 0.3) is 8.32 Å². The van der Waals surface area contributed by atoms with Crippen LogP contribution in [0.2, 0.25) is 23.2 Å². The second kappa shape index (κ2) is 11.5. The van der Waals surface area contributed by atoms with E-state index >= 15 is 0 Å². The molecule has 4 aromatic rings. The van der Waals surface area contributed by atoms with Gasteiger partial charge in [-0.2, -0.15) is 0 Å². The Morgan fingerprint density at radius 3 is 2.49 bits per heavy atom. The number of nitrogens with zero attached hydrogens (tertiary/aromatic N) is 2. The van der Waals surface area contributed by atoms with Crippen molar-refractivity contribution in [1.82, 2.24) is 9.97 Å². The molecule has 0 unspecified atom stereocenters. The summed E-state index contributed by atoms with van der Waals surface area (Å²) in [5.41, 5.74) is 2.72. The molecule has 0 amide bonds. The van der Waals surface area contributed by atoms with Crippen molar-refractivity contribution >= 4 is 37.8 Å². The molecule has 0 aliphatic rings. The monoisotopic (exact) mass is 561 g/mol. The van der Waals surface area contributed by atoms with Gasteiger partial charge in [-0.1, -0.05) is 74.8 Å². The van der Waals surface area contributed by atoms with Gasteiger partial charge in [0.15, 0.2) is 5.82 Å². The van der Waals surface area contributed by atoms with Crippen LogP contribution in [0.4, 0.5) is 5.82 Å². The number of hydrogen-bond donors (Lipinski definition) is 2. The fourth-order valence-electron chi connectivity index (χ4n) is 3.58. The molecule has 2 heterocycles. The summed E-state index contributed by atoms with van der Waals surface area (Å²) in [6, 6.07) is 18.8. The summed E-state index contributed by atoms with van der Waals surface area (Å²) in [4.78, 5) is 21.5. The topological polar surface area (TPSA) is 97.5 Å². The first-order valence-electron chi connectivity index (χ1n) is 12.6. The van der Waals surface area contributed by atoms with Gasteiger partial charge in [-0.05, 0) is 41.9 Å². The summed E-state index contributed by atoms with van der Waals surface area (Å²) < 4.78 is 11.8. The number of furan rings is 1. The number of carbonyl (C=O) groups is 1. The normalized spacial score (nSPS) is 12.3. The first-order valence-corrected chi connectivity index (χ1v) is 15.9. The molecule has 202 valence electrons. The van der Waals surface area contributed by atoms with Gasteiger partial charge in [0, 0.05) is 18.1 Å². The van der Waals surface area contributed by atoms with Gasteiger partial charge in [0.1, 0.15) is 17.2 Å². The third-order valence-electron chi connectivity index (χ3n) is 6.78. The lowest BCUT2D eigenvalue weighted by Gasteiger charge is -2.36. The highest BCUT2D eigenvalue weighted by atomic mass is 35.5. The first-order chi connectivity index (χ1) is 18.4. The molecule has 9 heteroatoms. The quantitative estimate of drug-likeness (QED) is 0.158. The molecule has 0 fully saturated rings. The number of carboxylic acid groups (broad SMARTS) is 1. The summed E-state index contributed by atoms with van der Waals surface area (Å²) in [7, 11) is -2.13. The van der Waals surface area contributed by atoms with Crippen LogP contribution in [-0.4, -0.2) is 29.4 Å². The smallest absolute Gasteiger partial charge is 0.352 e. The number of halogens is 1. The molecular formula is C30H32ClN3O4Si. The number of rotatable bonds is 9. The van der Waals surface area contributed by atoms with Crippen LogP contribution in [-0.2, 0) is 11.2 Å². The van der Waals surface area contributed by atoms with Crippen molar-refractivity contribution in [3.8, 4) is 17.0 Å². The van der Waals surface area contributed by atoms with Gasteiger partial charge in [-0.3, -0.25) is 0 Å². The lowest BCUT2D eigenvalue weighted by Crippen LogP contribution is -2.43. The van der Waals surface area contributed by atoms with Crippen molar-refractivity contribution < 1.29 is 18.7 Å². The molecule has 39 heavy (non-hydrogen) atoms. The Morgan fingerprint density at radius 1 is 1.10 bits per heavy atom. The maximum atomic E-state index is 12.0. The highest BCUT2D eigenvalue weighted by Gasteiger charge is 2.39. The molecule has 0 aliphatic heterocycles. The van der Waals surface area contributed by atoms with E-state index in [2.05, 4.69) is 44.2 Å². The fraction of sp³-hybridized carbons (Fsp3) is 0.233. The second-order valence-corrected chi connectivity index (χ2v) is 15.8. The summed E-state index contributed by atoms with van der Waals surface area (Å²) in [6.07, 6.45) is 4.89. The van der Waals surface area contributed by atoms with Crippen LogP contribution in [0.3, 0.4) is 0 Å². The average molecular weight is 562 g/mol. The van der Waals surface area contributed by atoms with Gasteiger partial charge >= 0.3 is 5.97 Å². The van der Waals surface area contributed by atoms with Crippen molar-refractivity contribution in [2.24, 2.45) is 0 Å². The zero-order chi connectivity index (χ0) is 28.2. The van der Waals surface area contributed by atoms with Crippen LogP contribution in [0.5, 0.6) is 5.75 Å². The Balaban J connectivity index is 1.75. The van der Waals surface area contributed by atoms with Crippen LogP contribution < -0.4 is 9.74 Å². The minimum Gasteiger partial charge on any atom is -0.542 e. The number of nitrogens with one attached hydrogen (secondary N) is 1. The second-order valence-electron chi connectivity index (χ2n) is 10.7. The van der Waals surface area contributed by atoms with Crippen molar-refractivity contribution in [1.29, 1.82) is 0 Å². The molecule has 0 aliphatic carbocycles. The van der Waals surface area contributed by atoms with Crippen molar-refractivity contribution in [2.75, 3.05) is 5.32 Å². The maximum absolute atomic E-state index is 12.0. The molecule has 0 bridgehead atoms. The van der Waals surface area contributed by atoms with Gasteiger partial charge in [-0.15, -0.1) is 0 Å². The summed E-state index contributed by atoms with van der Waals surface area (Å²) in [5.74, 6) is 0.192. The van der Waals surface area contributed by atoms with E-state index in [9.17, 15) is 9.90 Å². The number of carboxylic acids is 1. The lowest BCUT2D eigenvalue weighted by atomic mass is 10.1. The van der Waals surface area contributed by atoms with E-state index in [1.165, 1.54) is 12.3 Å². The molecule has 4 rings (SSSR count). The SMILES string of the molecule is CC(C)(C)[Si](C)(C)Oc1cccc(-c2cnc(N/C(=C\c3ccco3)C(=O)O)c(Cc3ccccc3)n2)c1Cl.